The van der Waals surface area contributed by atoms with Crippen LogP contribution in [0.25, 0.3) is 0 Å². The number of allylic oxidation sites excluding steroid dienone is 1. The maximum absolute atomic E-state index is 10.8. The summed E-state index contributed by atoms with van der Waals surface area (Å²) in [6.07, 6.45) is 3.76. The van der Waals surface area contributed by atoms with Crippen molar-refractivity contribution in [3.05, 3.63) is 12.2 Å². The minimum absolute atomic E-state index is 0.0526. The Morgan fingerprint density at radius 3 is 2.73 bits per heavy atom. The van der Waals surface area contributed by atoms with Gasteiger partial charge in [-0.05, 0) is 20.3 Å². The van der Waals surface area contributed by atoms with Crippen LogP contribution in [0.1, 0.15) is 20.3 Å². The summed E-state index contributed by atoms with van der Waals surface area (Å²) in [5, 5.41) is 0. The second kappa shape index (κ2) is 6.23. The Morgan fingerprint density at radius 2 is 2.27 bits per heavy atom. The van der Waals surface area contributed by atoms with Crippen molar-refractivity contribution in [2.24, 2.45) is 0 Å². The van der Waals surface area contributed by atoms with E-state index in [2.05, 4.69) is 0 Å². The van der Waals surface area contributed by atoms with Gasteiger partial charge in [-0.25, -0.2) is 4.79 Å². The lowest BCUT2D eigenvalue weighted by Gasteiger charge is -2.03. The van der Waals surface area contributed by atoms with Gasteiger partial charge in [0.2, 0.25) is 0 Å². The van der Waals surface area contributed by atoms with E-state index in [0.717, 1.165) is 0 Å². The SMILES string of the molecule is CC(C)OC(=O)/C=C/CCCl. The van der Waals surface area contributed by atoms with Crippen LogP contribution in [0.2, 0.25) is 0 Å². The fourth-order valence-corrected chi connectivity index (χ4v) is 0.640. The van der Waals surface area contributed by atoms with Crippen LogP contribution in [0, 0.1) is 0 Å². The summed E-state index contributed by atoms with van der Waals surface area (Å²) in [7, 11) is 0. The van der Waals surface area contributed by atoms with Gasteiger partial charge in [0, 0.05) is 12.0 Å². The number of hydrogen-bond acceptors (Lipinski definition) is 2. The molecule has 0 rings (SSSR count). The van der Waals surface area contributed by atoms with Crippen LogP contribution in [0.15, 0.2) is 12.2 Å². The minimum Gasteiger partial charge on any atom is -0.460 e. The molecule has 0 N–H and O–H groups in total. The van der Waals surface area contributed by atoms with Gasteiger partial charge >= 0.3 is 5.97 Å². The highest BCUT2D eigenvalue weighted by Gasteiger charge is 1.98. The van der Waals surface area contributed by atoms with E-state index in [1.165, 1.54) is 6.08 Å². The van der Waals surface area contributed by atoms with Crippen LogP contribution in [-0.4, -0.2) is 18.0 Å². The van der Waals surface area contributed by atoms with E-state index >= 15 is 0 Å². The molecule has 0 bridgehead atoms. The summed E-state index contributed by atoms with van der Waals surface area (Å²) in [5.74, 6) is 0.232. The highest BCUT2D eigenvalue weighted by Crippen LogP contribution is 1.92. The van der Waals surface area contributed by atoms with Crippen molar-refractivity contribution in [1.82, 2.24) is 0 Å². The fourth-order valence-electron chi connectivity index (χ4n) is 0.514. The average Bonchev–Trinajstić information content (AvgIpc) is 1.86. The van der Waals surface area contributed by atoms with Crippen LogP contribution in [0.5, 0.6) is 0 Å². The number of alkyl halides is 1. The lowest BCUT2D eigenvalue weighted by molar-refractivity contribution is -0.141. The molecule has 0 aromatic heterocycles. The van der Waals surface area contributed by atoms with Gasteiger partial charge in [0.1, 0.15) is 0 Å². The molecule has 11 heavy (non-hydrogen) atoms. The summed E-state index contributed by atoms with van der Waals surface area (Å²) in [5.41, 5.74) is 0. The van der Waals surface area contributed by atoms with E-state index in [1.807, 2.05) is 13.8 Å². The standard InChI is InChI=1S/C8H13ClO2/c1-7(2)11-8(10)5-3-4-6-9/h3,5,7H,4,6H2,1-2H3/b5-3+. The topological polar surface area (TPSA) is 26.3 Å². The van der Waals surface area contributed by atoms with Crippen molar-refractivity contribution in [1.29, 1.82) is 0 Å². The second-order valence-corrected chi connectivity index (χ2v) is 2.74. The first kappa shape index (κ1) is 10.5. The monoisotopic (exact) mass is 176 g/mol. The lowest BCUT2D eigenvalue weighted by Crippen LogP contribution is -2.08. The Hall–Kier alpha value is -0.500. The molecule has 0 aliphatic heterocycles. The molecule has 0 saturated carbocycles. The average molecular weight is 177 g/mol. The smallest absolute Gasteiger partial charge is 0.330 e. The normalized spacial score (nSPS) is 10.9. The van der Waals surface area contributed by atoms with Crippen molar-refractivity contribution in [3.63, 3.8) is 0 Å². The van der Waals surface area contributed by atoms with Crippen LogP contribution < -0.4 is 0 Å². The number of rotatable bonds is 4. The van der Waals surface area contributed by atoms with Crippen molar-refractivity contribution >= 4 is 17.6 Å². The number of carbonyl (C=O) groups is 1. The maximum atomic E-state index is 10.8. The van der Waals surface area contributed by atoms with Gasteiger partial charge in [-0.2, -0.15) is 0 Å². The molecule has 0 aliphatic carbocycles. The van der Waals surface area contributed by atoms with Crippen molar-refractivity contribution in [3.8, 4) is 0 Å². The summed E-state index contributed by atoms with van der Waals surface area (Å²) < 4.78 is 4.83. The molecule has 0 aromatic carbocycles. The summed E-state index contributed by atoms with van der Waals surface area (Å²) in [4.78, 5) is 10.8. The van der Waals surface area contributed by atoms with Gasteiger partial charge in [0.15, 0.2) is 0 Å². The van der Waals surface area contributed by atoms with Gasteiger partial charge in [-0.15, -0.1) is 11.6 Å². The predicted molar refractivity (Wildman–Crippen MR) is 45.7 cm³/mol. The molecular formula is C8H13ClO2. The molecule has 0 heterocycles. The van der Waals surface area contributed by atoms with Crippen LogP contribution in [-0.2, 0) is 9.53 Å². The zero-order valence-corrected chi connectivity index (χ0v) is 7.60. The molecular weight excluding hydrogens is 164 g/mol. The van der Waals surface area contributed by atoms with Crippen molar-refractivity contribution < 1.29 is 9.53 Å². The van der Waals surface area contributed by atoms with Gasteiger partial charge in [0.25, 0.3) is 0 Å². The summed E-state index contributed by atoms with van der Waals surface area (Å²) >= 11 is 5.39. The first-order valence-electron chi connectivity index (χ1n) is 3.60. The third-order valence-corrected chi connectivity index (χ3v) is 1.10. The minimum atomic E-state index is -0.301. The van der Waals surface area contributed by atoms with Crippen molar-refractivity contribution in [2.75, 3.05) is 5.88 Å². The van der Waals surface area contributed by atoms with E-state index in [-0.39, 0.29) is 12.1 Å². The molecule has 0 radical (unpaired) electrons. The molecule has 64 valence electrons. The summed E-state index contributed by atoms with van der Waals surface area (Å²) in [6.45, 7) is 3.63. The Labute approximate surface area is 72.2 Å². The third kappa shape index (κ3) is 7.40. The van der Waals surface area contributed by atoms with Crippen molar-refractivity contribution in [2.45, 2.75) is 26.4 Å². The zero-order valence-electron chi connectivity index (χ0n) is 6.84. The molecule has 0 aliphatic rings. The molecule has 0 fully saturated rings. The number of ether oxygens (including phenoxy) is 1. The van der Waals surface area contributed by atoms with Gasteiger partial charge < -0.3 is 4.74 Å². The van der Waals surface area contributed by atoms with E-state index in [0.29, 0.717) is 12.3 Å². The summed E-state index contributed by atoms with van der Waals surface area (Å²) in [6, 6.07) is 0. The number of esters is 1. The highest BCUT2D eigenvalue weighted by atomic mass is 35.5. The molecule has 0 spiro atoms. The number of carbonyl (C=O) groups excluding carboxylic acids is 1. The van der Waals surface area contributed by atoms with Gasteiger partial charge in [-0.1, -0.05) is 6.08 Å². The molecule has 3 heteroatoms. The highest BCUT2D eigenvalue weighted by molar-refractivity contribution is 6.17. The van der Waals surface area contributed by atoms with Gasteiger partial charge in [-0.3, -0.25) is 0 Å². The number of hydrogen-bond donors (Lipinski definition) is 0. The first-order valence-corrected chi connectivity index (χ1v) is 4.13. The van der Waals surface area contributed by atoms with Gasteiger partial charge in [0.05, 0.1) is 6.10 Å². The number of halogens is 1. The van der Waals surface area contributed by atoms with Crippen LogP contribution in [0.4, 0.5) is 0 Å². The van der Waals surface area contributed by atoms with E-state index in [4.69, 9.17) is 16.3 Å². The van der Waals surface area contributed by atoms with E-state index in [9.17, 15) is 4.79 Å². The molecule has 2 nitrogen and oxygen atoms in total. The molecule has 0 saturated heterocycles. The molecule has 0 unspecified atom stereocenters. The first-order chi connectivity index (χ1) is 5.16. The largest absolute Gasteiger partial charge is 0.460 e. The Morgan fingerprint density at radius 1 is 1.64 bits per heavy atom. The maximum Gasteiger partial charge on any atom is 0.330 e. The Kier molecular flexibility index (Phi) is 5.94. The van der Waals surface area contributed by atoms with E-state index < -0.39 is 0 Å². The Bertz CT molecular complexity index is 141. The Balaban J connectivity index is 3.51. The van der Waals surface area contributed by atoms with Crippen LogP contribution >= 0.6 is 11.6 Å². The van der Waals surface area contributed by atoms with Crippen LogP contribution in [0.3, 0.4) is 0 Å². The molecule has 0 atom stereocenters. The molecule has 0 aromatic rings. The molecule has 0 amide bonds. The third-order valence-electron chi connectivity index (χ3n) is 0.882. The van der Waals surface area contributed by atoms with E-state index in [1.54, 1.807) is 6.08 Å². The fraction of sp³-hybridized carbons (Fsp3) is 0.625. The second-order valence-electron chi connectivity index (χ2n) is 2.37. The quantitative estimate of drug-likeness (QED) is 0.373. The lowest BCUT2D eigenvalue weighted by atomic mass is 10.4. The predicted octanol–water partition coefficient (Wildman–Crippen LogP) is 2.12. The zero-order chi connectivity index (χ0) is 8.69.